The zero-order chi connectivity index (χ0) is 32.8. The number of aromatic nitrogens is 2. The van der Waals surface area contributed by atoms with Crippen molar-refractivity contribution in [1.82, 2.24) is 15.3 Å². The van der Waals surface area contributed by atoms with Crippen LogP contribution in [0.25, 0.3) is 0 Å². The summed E-state index contributed by atoms with van der Waals surface area (Å²) in [6.07, 6.45) is 1.34. The maximum atomic E-state index is 13.0. The molecule has 1 amide bonds. The SMILES string of the molecule is CC1CCC(C(C)C)C(OC(=O)C(CC(NC(=O)c2ccc(NCC3CNc4nc(N)[nH]c(=O)c4N3)cc2)C(=O)O)C(=O)O)C1. The van der Waals surface area contributed by atoms with Gasteiger partial charge in [0, 0.05) is 30.8 Å². The molecule has 0 bridgehead atoms. The highest BCUT2D eigenvalue weighted by Gasteiger charge is 2.39. The summed E-state index contributed by atoms with van der Waals surface area (Å²) in [6.45, 7) is 6.98. The molecule has 9 N–H and O–H groups in total. The van der Waals surface area contributed by atoms with Gasteiger partial charge in [-0.05, 0) is 54.9 Å². The van der Waals surface area contributed by atoms with Gasteiger partial charge in [0.05, 0.1) is 6.04 Å². The molecule has 244 valence electrons. The van der Waals surface area contributed by atoms with Gasteiger partial charge in [-0.3, -0.25) is 24.2 Å². The average Bonchev–Trinajstić information content (AvgIpc) is 2.97. The maximum absolute atomic E-state index is 13.0. The number of nitrogens with zero attached hydrogens (tertiary/aromatic N) is 1. The number of ether oxygens (including phenoxy) is 1. The lowest BCUT2D eigenvalue weighted by Crippen LogP contribution is -2.45. The molecule has 1 aliphatic heterocycles. The van der Waals surface area contributed by atoms with Crippen LogP contribution >= 0.6 is 0 Å². The quantitative estimate of drug-likeness (QED) is 0.124. The number of amides is 1. The van der Waals surface area contributed by atoms with E-state index in [2.05, 4.69) is 31.2 Å². The van der Waals surface area contributed by atoms with Crippen molar-refractivity contribution in [1.29, 1.82) is 0 Å². The topological polar surface area (TPSA) is 238 Å². The fourth-order valence-electron chi connectivity index (χ4n) is 5.81. The standard InChI is InChI=1S/C30H41N7O8/c1-14(2)19-9-4-15(3)10-22(19)45-29(44)20(27(40)41)11-21(28(42)43)35-25(38)16-5-7-17(8-6-16)32-12-18-13-33-24-23(34-18)26(39)37-30(31)36-24/h5-8,14-15,18-22,32,34H,4,9-13H2,1-3H3,(H,35,38)(H,40,41)(H,42,43)(H4,31,33,36,37,39). The molecule has 15 heteroatoms. The van der Waals surface area contributed by atoms with Crippen molar-refractivity contribution < 1.29 is 34.1 Å². The number of aliphatic carboxylic acids is 2. The van der Waals surface area contributed by atoms with Crippen molar-refractivity contribution in [3.8, 4) is 0 Å². The van der Waals surface area contributed by atoms with Gasteiger partial charge in [0.25, 0.3) is 11.5 Å². The molecule has 1 aliphatic carbocycles. The van der Waals surface area contributed by atoms with Gasteiger partial charge < -0.3 is 42.0 Å². The third-order valence-electron chi connectivity index (χ3n) is 8.39. The molecule has 2 heterocycles. The lowest BCUT2D eigenvalue weighted by Gasteiger charge is -2.37. The third-order valence-corrected chi connectivity index (χ3v) is 8.39. The van der Waals surface area contributed by atoms with E-state index in [-0.39, 0.29) is 35.1 Å². The summed E-state index contributed by atoms with van der Waals surface area (Å²) in [5, 5.41) is 31.2. The summed E-state index contributed by atoms with van der Waals surface area (Å²) >= 11 is 0. The summed E-state index contributed by atoms with van der Waals surface area (Å²) < 4.78 is 5.67. The van der Waals surface area contributed by atoms with Crippen molar-refractivity contribution in [2.45, 2.75) is 64.6 Å². The van der Waals surface area contributed by atoms with Crippen molar-refractivity contribution in [2.75, 3.05) is 34.8 Å². The van der Waals surface area contributed by atoms with E-state index in [4.69, 9.17) is 10.5 Å². The van der Waals surface area contributed by atoms with Crippen LogP contribution in [0.1, 0.15) is 56.8 Å². The summed E-state index contributed by atoms with van der Waals surface area (Å²) in [7, 11) is 0. The fourth-order valence-corrected chi connectivity index (χ4v) is 5.81. The van der Waals surface area contributed by atoms with Gasteiger partial charge in [-0.2, -0.15) is 4.98 Å². The number of esters is 1. The Morgan fingerprint density at radius 3 is 2.47 bits per heavy atom. The van der Waals surface area contributed by atoms with Gasteiger partial charge in [-0.25, -0.2) is 4.79 Å². The molecule has 6 unspecified atom stereocenters. The zero-order valence-electron chi connectivity index (χ0n) is 25.5. The van der Waals surface area contributed by atoms with Gasteiger partial charge in [0.1, 0.15) is 17.8 Å². The van der Waals surface area contributed by atoms with Gasteiger partial charge in [0.2, 0.25) is 5.95 Å². The highest BCUT2D eigenvalue weighted by atomic mass is 16.5. The molecule has 45 heavy (non-hydrogen) atoms. The van der Waals surface area contributed by atoms with Gasteiger partial charge in [-0.1, -0.05) is 27.2 Å². The molecule has 0 spiro atoms. The lowest BCUT2D eigenvalue weighted by molar-refractivity contribution is -0.168. The Bertz CT molecular complexity index is 1460. The lowest BCUT2D eigenvalue weighted by atomic mass is 9.75. The van der Waals surface area contributed by atoms with E-state index in [1.807, 2.05) is 20.8 Å². The van der Waals surface area contributed by atoms with Crippen LogP contribution in [-0.2, 0) is 19.1 Å². The van der Waals surface area contributed by atoms with Crippen LogP contribution < -0.4 is 32.6 Å². The van der Waals surface area contributed by atoms with Crippen molar-refractivity contribution in [2.24, 2.45) is 23.7 Å². The summed E-state index contributed by atoms with van der Waals surface area (Å²) in [4.78, 5) is 68.6. The third kappa shape index (κ3) is 8.42. The predicted molar refractivity (Wildman–Crippen MR) is 166 cm³/mol. The summed E-state index contributed by atoms with van der Waals surface area (Å²) in [6, 6.07) is 4.39. The largest absolute Gasteiger partial charge is 0.481 e. The van der Waals surface area contributed by atoms with E-state index in [1.54, 1.807) is 12.1 Å². The molecule has 1 aromatic carbocycles. The maximum Gasteiger partial charge on any atom is 0.326 e. The molecule has 15 nitrogen and oxygen atoms in total. The number of benzene rings is 1. The van der Waals surface area contributed by atoms with Crippen LogP contribution in [0.5, 0.6) is 0 Å². The van der Waals surface area contributed by atoms with Gasteiger partial charge >= 0.3 is 17.9 Å². The van der Waals surface area contributed by atoms with Crippen LogP contribution in [-0.4, -0.2) is 75.3 Å². The second kappa shape index (κ2) is 14.3. The second-order valence-electron chi connectivity index (χ2n) is 12.1. The summed E-state index contributed by atoms with van der Waals surface area (Å²) in [5.41, 5.74) is 6.25. The summed E-state index contributed by atoms with van der Waals surface area (Å²) in [5.74, 6) is -5.49. The predicted octanol–water partition coefficient (Wildman–Crippen LogP) is 1.95. The van der Waals surface area contributed by atoms with E-state index in [1.165, 1.54) is 12.1 Å². The number of carboxylic acid groups (broad SMARTS) is 2. The number of hydrogen-bond acceptors (Lipinski definition) is 11. The van der Waals surface area contributed by atoms with Crippen LogP contribution in [0.2, 0.25) is 0 Å². The molecular weight excluding hydrogens is 586 g/mol. The van der Waals surface area contributed by atoms with Crippen LogP contribution in [0, 0.1) is 23.7 Å². The van der Waals surface area contributed by atoms with Crippen LogP contribution in [0.15, 0.2) is 29.1 Å². The smallest absolute Gasteiger partial charge is 0.326 e. The molecule has 4 rings (SSSR count). The number of nitrogen functional groups attached to an aromatic ring is 1. The first-order valence-corrected chi connectivity index (χ1v) is 15.0. The Kier molecular flexibility index (Phi) is 10.5. The molecule has 6 atom stereocenters. The minimum Gasteiger partial charge on any atom is -0.481 e. The number of hydrogen-bond donors (Lipinski definition) is 8. The van der Waals surface area contributed by atoms with E-state index >= 15 is 0 Å². The number of carboxylic acids is 2. The number of carbonyl (C=O) groups is 4. The number of H-pyrrole nitrogens is 1. The Morgan fingerprint density at radius 1 is 1.11 bits per heavy atom. The van der Waals surface area contributed by atoms with Crippen molar-refractivity contribution in [3.05, 3.63) is 40.2 Å². The minimum atomic E-state index is -1.76. The molecule has 2 aliphatic rings. The molecule has 0 saturated heterocycles. The number of aromatic amines is 1. The fraction of sp³-hybridized carbons (Fsp3) is 0.533. The van der Waals surface area contributed by atoms with Crippen molar-refractivity contribution >= 4 is 47.0 Å². The molecule has 1 fully saturated rings. The van der Waals surface area contributed by atoms with E-state index in [0.717, 1.165) is 12.8 Å². The number of nitrogens with two attached hydrogens (primary N) is 1. The average molecular weight is 628 g/mol. The normalized spacial score (nSPS) is 22.1. The Hall–Kier alpha value is -4.82. The number of anilines is 4. The Balaban J connectivity index is 1.33. The first kappa shape index (κ1) is 33.1. The molecule has 0 radical (unpaired) electrons. The molecule has 1 aromatic heterocycles. The van der Waals surface area contributed by atoms with E-state index < -0.39 is 53.9 Å². The zero-order valence-corrected chi connectivity index (χ0v) is 25.5. The number of fused-ring (bicyclic) bond motifs is 1. The first-order chi connectivity index (χ1) is 21.3. The monoisotopic (exact) mass is 627 g/mol. The number of carbonyl (C=O) groups excluding carboxylic acids is 2. The van der Waals surface area contributed by atoms with Crippen LogP contribution in [0.4, 0.5) is 23.1 Å². The Labute approximate surface area is 259 Å². The first-order valence-electron chi connectivity index (χ1n) is 15.0. The highest BCUT2D eigenvalue weighted by molar-refractivity contribution is 5.98. The Morgan fingerprint density at radius 2 is 1.82 bits per heavy atom. The van der Waals surface area contributed by atoms with E-state index in [0.29, 0.717) is 36.9 Å². The number of nitrogens with one attached hydrogen (secondary N) is 5. The molecular formula is C30H41N7O8. The highest BCUT2D eigenvalue weighted by Crippen LogP contribution is 2.36. The van der Waals surface area contributed by atoms with Gasteiger partial charge in [0.15, 0.2) is 11.7 Å². The molecule has 1 saturated carbocycles. The van der Waals surface area contributed by atoms with Crippen molar-refractivity contribution in [3.63, 3.8) is 0 Å². The van der Waals surface area contributed by atoms with E-state index in [9.17, 15) is 34.2 Å². The van der Waals surface area contributed by atoms with Crippen LogP contribution in [0.3, 0.4) is 0 Å². The number of rotatable bonds is 12. The minimum absolute atomic E-state index is 0.0109. The van der Waals surface area contributed by atoms with Gasteiger partial charge in [-0.15, -0.1) is 0 Å². The second-order valence-corrected chi connectivity index (χ2v) is 12.1. The molecule has 2 aromatic rings.